The van der Waals surface area contributed by atoms with Gasteiger partial charge in [-0.05, 0) is 91.0 Å². The molecule has 0 aliphatic rings. The van der Waals surface area contributed by atoms with Crippen LogP contribution >= 0.6 is 0 Å². The molecule has 5 nitrogen and oxygen atoms in total. The van der Waals surface area contributed by atoms with Crippen molar-refractivity contribution in [3.63, 3.8) is 0 Å². The summed E-state index contributed by atoms with van der Waals surface area (Å²) in [6, 6.07) is 57.6. The van der Waals surface area contributed by atoms with Gasteiger partial charge in [-0.15, -0.1) is 0 Å². The maximum atomic E-state index is 5.13. The molecular weight excluding hydrogens is 659 g/mol. The van der Waals surface area contributed by atoms with Gasteiger partial charge in [0.2, 0.25) is 0 Å². The van der Waals surface area contributed by atoms with Crippen molar-refractivity contribution < 1.29 is 0 Å². The molecule has 0 unspecified atom stereocenters. The van der Waals surface area contributed by atoms with Gasteiger partial charge in [-0.1, -0.05) is 127 Å². The lowest BCUT2D eigenvalue weighted by Gasteiger charge is -2.10. The molecule has 0 fully saturated rings. The number of hydrogen-bond donors (Lipinski definition) is 0. The molecule has 0 N–H and O–H groups in total. The molecule has 3 aromatic heterocycles. The molecule has 8 aromatic carbocycles. The van der Waals surface area contributed by atoms with Crippen molar-refractivity contribution >= 4 is 64.9 Å². The minimum Gasteiger partial charge on any atom is -0.241 e. The Morgan fingerprint density at radius 2 is 0.667 bits per heavy atom. The van der Waals surface area contributed by atoms with Crippen LogP contribution in [0.4, 0.5) is 0 Å². The summed E-state index contributed by atoms with van der Waals surface area (Å²) in [7, 11) is 0. The summed E-state index contributed by atoms with van der Waals surface area (Å²) in [5, 5.41) is 11.3. The van der Waals surface area contributed by atoms with Crippen LogP contribution in [-0.4, -0.2) is 24.9 Å². The predicted octanol–water partition coefficient (Wildman–Crippen LogP) is 12.2. The Balaban J connectivity index is 0.989. The molecule has 0 radical (unpaired) electrons. The van der Waals surface area contributed by atoms with Crippen molar-refractivity contribution in [2.75, 3.05) is 0 Å². The third kappa shape index (κ3) is 5.13. The Hall–Kier alpha value is -7.37. The Morgan fingerprint density at radius 3 is 1.15 bits per heavy atom. The summed E-state index contributed by atoms with van der Waals surface area (Å²) < 4.78 is 0. The Bertz CT molecular complexity index is 3080. The normalized spacial score (nSPS) is 11.7. The van der Waals surface area contributed by atoms with E-state index in [1.165, 1.54) is 32.7 Å². The molecule has 0 spiro atoms. The van der Waals surface area contributed by atoms with E-state index in [1.54, 1.807) is 0 Å². The van der Waals surface area contributed by atoms with Crippen LogP contribution in [0.5, 0.6) is 0 Å². The second-order valence-electron chi connectivity index (χ2n) is 13.8. The van der Waals surface area contributed by atoms with E-state index >= 15 is 0 Å². The summed E-state index contributed by atoms with van der Waals surface area (Å²) >= 11 is 0. The van der Waals surface area contributed by atoms with E-state index in [9.17, 15) is 0 Å². The molecule has 0 atom stereocenters. The lowest BCUT2D eigenvalue weighted by molar-refractivity contribution is 1.15. The van der Waals surface area contributed by atoms with Crippen LogP contribution in [0.15, 0.2) is 176 Å². The SMILES string of the molecule is c1cc(-c2ncc3ccc4ccc(-c5ccc6ccccc6c5)cc4c3n2)nc(-c2ncc3ccc4ccc(-c5ccc6ccccc6c5)cc4c3n2)c1. The van der Waals surface area contributed by atoms with Gasteiger partial charge < -0.3 is 0 Å². The zero-order valence-electron chi connectivity index (χ0n) is 29.0. The molecule has 0 amide bonds. The van der Waals surface area contributed by atoms with E-state index in [0.29, 0.717) is 23.0 Å². The van der Waals surface area contributed by atoms with Crippen LogP contribution in [0.3, 0.4) is 0 Å². The van der Waals surface area contributed by atoms with Gasteiger partial charge in [-0.2, -0.15) is 0 Å². The quantitative estimate of drug-likeness (QED) is 0.172. The lowest BCUT2D eigenvalue weighted by atomic mass is 9.97. The number of aromatic nitrogens is 5. The first-order valence-electron chi connectivity index (χ1n) is 18.1. The third-order valence-electron chi connectivity index (χ3n) is 10.5. The molecule has 54 heavy (non-hydrogen) atoms. The van der Waals surface area contributed by atoms with E-state index < -0.39 is 0 Å². The highest BCUT2D eigenvalue weighted by molar-refractivity contribution is 6.08. The maximum absolute atomic E-state index is 5.13. The fourth-order valence-corrected chi connectivity index (χ4v) is 7.66. The number of nitrogens with zero attached hydrogens (tertiary/aromatic N) is 5. The topological polar surface area (TPSA) is 64.5 Å². The van der Waals surface area contributed by atoms with E-state index in [2.05, 4.69) is 146 Å². The van der Waals surface area contributed by atoms with Gasteiger partial charge in [0.05, 0.1) is 11.0 Å². The first-order chi connectivity index (χ1) is 26.7. The molecule has 5 heteroatoms. The molecule has 11 aromatic rings. The minimum atomic E-state index is 0.555. The average molecular weight is 688 g/mol. The molecular formula is C49H29N5. The smallest absolute Gasteiger partial charge is 0.178 e. The van der Waals surface area contributed by atoms with E-state index in [4.69, 9.17) is 24.9 Å². The lowest BCUT2D eigenvalue weighted by Crippen LogP contribution is -1.97. The van der Waals surface area contributed by atoms with Crippen molar-refractivity contribution in [3.05, 3.63) is 176 Å². The van der Waals surface area contributed by atoms with Crippen molar-refractivity contribution in [3.8, 4) is 45.3 Å². The van der Waals surface area contributed by atoms with Crippen LogP contribution in [-0.2, 0) is 0 Å². The second kappa shape index (κ2) is 12.1. The summed E-state index contributed by atoms with van der Waals surface area (Å²) in [5.74, 6) is 1.11. The third-order valence-corrected chi connectivity index (χ3v) is 10.5. The summed E-state index contributed by atoms with van der Waals surface area (Å²) in [6.45, 7) is 0. The van der Waals surface area contributed by atoms with Gasteiger partial charge in [0.25, 0.3) is 0 Å². The molecule has 0 bridgehead atoms. The molecule has 11 rings (SSSR count). The average Bonchev–Trinajstić information content (AvgIpc) is 3.25. The number of fused-ring (bicyclic) bond motifs is 8. The van der Waals surface area contributed by atoms with Gasteiger partial charge >= 0.3 is 0 Å². The monoisotopic (exact) mass is 687 g/mol. The van der Waals surface area contributed by atoms with Crippen LogP contribution in [0, 0.1) is 0 Å². The van der Waals surface area contributed by atoms with Crippen LogP contribution in [0.2, 0.25) is 0 Å². The number of pyridine rings is 1. The largest absolute Gasteiger partial charge is 0.241 e. The van der Waals surface area contributed by atoms with Gasteiger partial charge in [-0.3, -0.25) is 0 Å². The van der Waals surface area contributed by atoms with Gasteiger partial charge in [0, 0.05) is 33.9 Å². The van der Waals surface area contributed by atoms with Crippen LogP contribution in [0.25, 0.3) is 110 Å². The standard InChI is InChI=1S/C49H29N5/c1-3-8-34-24-36(18-12-30(34)6-1)38-20-14-32-16-22-40-28-50-48(53-46(40)42(32)26-38)44-10-5-11-45(52-44)49-51-29-41-23-17-33-15-21-39(27-43(33)47(41)54-49)37-19-13-31-7-2-4-9-35(31)25-37/h1-29H. The number of hydrogen-bond acceptors (Lipinski definition) is 5. The highest BCUT2D eigenvalue weighted by Crippen LogP contribution is 2.34. The molecule has 0 aliphatic heterocycles. The zero-order valence-corrected chi connectivity index (χ0v) is 29.0. The van der Waals surface area contributed by atoms with E-state index in [-0.39, 0.29) is 0 Å². The molecule has 0 saturated heterocycles. The molecule has 250 valence electrons. The van der Waals surface area contributed by atoms with Crippen molar-refractivity contribution in [1.29, 1.82) is 0 Å². The van der Waals surface area contributed by atoms with E-state index in [1.807, 2.05) is 30.6 Å². The predicted molar refractivity (Wildman–Crippen MR) is 222 cm³/mol. The highest BCUT2D eigenvalue weighted by atomic mass is 14.9. The Kier molecular flexibility index (Phi) is 6.79. The molecule has 3 heterocycles. The summed E-state index contributed by atoms with van der Waals surface area (Å²) in [5.41, 5.74) is 7.74. The highest BCUT2D eigenvalue weighted by Gasteiger charge is 2.14. The van der Waals surface area contributed by atoms with Gasteiger partial charge in [0.1, 0.15) is 11.4 Å². The summed E-state index contributed by atoms with van der Waals surface area (Å²) in [4.78, 5) is 24.8. The Labute approximate surface area is 310 Å². The van der Waals surface area contributed by atoms with Crippen LogP contribution in [0.1, 0.15) is 0 Å². The number of benzene rings is 8. The molecule has 0 aliphatic carbocycles. The van der Waals surface area contributed by atoms with Gasteiger partial charge in [0.15, 0.2) is 11.6 Å². The number of rotatable bonds is 4. The van der Waals surface area contributed by atoms with Crippen LogP contribution < -0.4 is 0 Å². The Morgan fingerprint density at radius 1 is 0.278 bits per heavy atom. The van der Waals surface area contributed by atoms with Crippen molar-refractivity contribution in [1.82, 2.24) is 24.9 Å². The van der Waals surface area contributed by atoms with Gasteiger partial charge in [-0.25, -0.2) is 24.9 Å². The fourth-order valence-electron chi connectivity index (χ4n) is 7.66. The first-order valence-corrected chi connectivity index (χ1v) is 18.1. The van der Waals surface area contributed by atoms with Crippen molar-refractivity contribution in [2.45, 2.75) is 0 Å². The second-order valence-corrected chi connectivity index (χ2v) is 13.8. The minimum absolute atomic E-state index is 0.555. The van der Waals surface area contributed by atoms with Crippen molar-refractivity contribution in [2.24, 2.45) is 0 Å². The van der Waals surface area contributed by atoms with E-state index in [0.717, 1.165) is 54.5 Å². The first kappa shape index (κ1) is 30.3. The fraction of sp³-hybridized carbons (Fsp3) is 0. The molecule has 0 saturated carbocycles. The zero-order chi connectivity index (χ0) is 35.6. The maximum Gasteiger partial charge on any atom is 0.178 e. The summed E-state index contributed by atoms with van der Waals surface area (Å²) in [6.07, 6.45) is 3.78.